The smallest absolute Gasteiger partial charge is 0.130 e. The van der Waals surface area contributed by atoms with Crippen molar-refractivity contribution >= 4 is 5.82 Å². The van der Waals surface area contributed by atoms with E-state index in [2.05, 4.69) is 5.10 Å². The summed E-state index contributed by atoms with van der Waals surface area (Å²) >= 11 is 0. The lowest BCUT2D eigenvalue weighted by molar-refractivity contribution is 0.382. The van der Waals surface area contributed by atoms with Gasteiger partial charge in [0.1, 0.15) is 24.0 Å². The van der Waals surface area contributed by atoms with Crippen molar-refractivity contribution in [2.75, 3.05) is 20.0 Å². The Labute approximate surface area is 110 Å². The van der Waals surface area contributed by atoms with Crippen LogP contribution in [0, 0.1) is 0 Å². The van der Waals surface area contributed by atoms with Gasteiger partial charge in [0.15, 0.2) is 0 Å². The molecule has 2 N–H and O–H groups in total. The minimum absolute atomic E-state index is 0.446. The van der Waals surface area contributed by atoms with Gasteiger partial charge in [-0.15, -0.1) is 0 Å². The van der Waals surface area contributed by atoms with E-state index < -0.39 is 6.67 Å². The van der Waals surface area contributed by atoms with Gasteiger partial charge in [0.05, 0.1) is 20.4 Å². The predicted molar refractivity (Wildman–Crippen MR) is 71.0 cm³/mol. The highest BCUT2D eigenvalue weighted by molar-refractivity contribution is 5.79. The zero-order valence-electron chi connectivity index (χ0n) is 11.1. The van der Waals surface area contributed by atoms with Gasteiger partial charge >= 0.3 is 0 Å². The number of rotatable bonds is 4. The van der Waals surface area contributed by atoms with Crippen molar-refractivity contribution in [1.82, 2.24) is 9.78 Å². The van der Waals surface area contributed by atoms with Crippen LogP contribution in [0.3, 0.4) is 0 Å². The van der Waals surface area contributed by atoms with Crippen molar-refractivity contribution in [3.63, 3.8) is 0 Å². The predicted octanol–water partition coefficient (Wildman–Crippen LogP) is 2.16. The van der Waals surface area contributed by atoms with Gasteiger partial charge in [-0.05, 0) is 6.07 Å². The summed E-state index contributed by atoms with van der Waals surface area (Å²) in [5.74, 6) is 1.51. The van der Waals surface area contributed by atoms with Crippen molar-refractivity contribution in [3.8, 4) is 22.6 Å². The molecular weight excluding hydrogens is 249 g/mol. The van der Waals surface area contributed by atoms with Crippen LogP contribution in [0.25, 0.3) is 11.1 Å². The Bertz CT molecular complexity index is 596. The molecule has 19 heavy (non-hydrogen) atoms. The summed E-state index contributed by atoms with van der Waals surface area (Å²) < 4.78 is 25.0. The Morgan fingerprint density at radius 3 is 2.37 bits per heavy atom. The number of hydrogen-bond acceptors (Lipinski definition) is 4. The number of hydrogen-bond donors (Lipinski definition) is 1. The van der Waals surface area contributed by atoms with E-state index in [1.165, 1.54) is 7.11 Å². The molecule has 0 aliphatic heterocycles. The van der Waals surface area contributed by atoms with Crippen LogP contribution in [0.15, 0.2) is 18.3 Å². The fraction of sp³-hybridized carbons (Fsp3) is 0.308. The third kappa shape index (κ3) is 2.21. The van der Waals surface area contributed by atoms with Crippen LogP contribution in [-0.2, 0) is 13.7 Å². The number of alkyl halides is 1. The number of nitrogens with two attached hydrogens (primary N) is 1. The highest BCUT2D eigenvalue weighted by atomic mass is 19.1. The van der Waals surface area contributed by atoms with E-state index in [4.69, 9.17) is 15.2 Å². The van der Waals surface area contributed by atoms with Crippen molar-refractivity contribution in [3.05, 3.63) is 23.9 Å². The molecule has 0 saturated carbocycles. The number of ether oxygens (including phenoxy) is 2. The maximum Gasteiger partial charge on any atom is 0.130 e. The molecule has 6 heteroatoms. The average Bonchev–Trinajstić information content (AvgIpc) is 2.77. The highest BCUT2D eigenvalue weighted by Gasteiger charge is 2.16. The number of benzene rings is 1. The molecule has 0 aliphatic rings. The van der Waals surface area contributed by atoms with E-state index in [0.29, 0.717) is 34.0 Å². The Hall–Kier alpha value is -2.24. The van der Waals surface area contributed by atoms with Gasteiger partial charge in [-0.3, -0.25) is 4.68 Å². The first kappa shape index (κ1) is 13.2. The van der Waals surface area contributed by atoms with Crippen LogP contribution in [0.1, 0.15) is 5.56 Å². The van der Waals surface area contributed by atoms with E-state index >= 15 is 0 Å². The first-order valence-electron chi connectivity index (χ1n) is 5.71. The molecule has 0 fully saturated rings. The van der Waals surface area contributed by atoms with Gasteiger partial charge in [-0.2, -0.15) is 5.10 Å². The minimum atomic E-state index is -0.625. The quantitative estimate of drug-likeness (QED) is 0.920. The number of nitrogen functional groups attached to an aromatic ring is 1. The lowest BCUT2D eigenvalue weighted by Gasteiger charge is -2.13. The molecule has 2 rings (SSSR count). The van der Waals surface area contributed by atoms with Gasteiger partial charge in [-0.1, -0.05) is 0 Å². The van der Waals surface area contributed by atoms with Gasteiger partial charge in [0, 0.05) is 29.8 Å². The maximum absolute atomic E-state index is 13.0. The third-order valence-electron chi connectivity index (χ3n) is 3.02. The van der Waals surface area contributed by atoms with Crippen molar-refractivity contribution in [2.24, 2.45) is 7.05 Å². The van der Waals surface area contributed by atoms with Crippen LogP contribution < -0.4 is 15.2 Å². The zero-order chi connectivity index (χ0) is 14.0. The second-order valence-electron chi connectivity index (χ2n) is 4.07. The molecule has 1 aromatic carbocycles. The van der Waals surface area contributed by atoms with Crippen LogP contribution >= 0.6 is 0 Å². The molecule has 0 saturated heterocycles. The highest BCUT2D eigenvalue weighted by Crippen LogP contribution is 2.38. The summed E-state index contributed by atoms with van der Waals surface area (Å²) in [6, 6.07) is 3.32. The summed E-state index contributed by atoms with van der Waals surface area (Å²) in [7, 11) is 4.77. The standard InChI is InChI=1S/C13H16FN3O2/c1-17-13(15)10(7-16-17)9-4-8(6-14)11(18-2)5-12(9)19-3/h4-5,7H,6,15H2,1-3H3. The van der Waals surface area contributed by atoms with Gasteiger partial charge in [0.2, 0.25) is 0 Å². The molecule has 0 radical (unpaired) electrons. The molecule has 0 bridgehead atoms. The first-order valence-corrected chi connectivity index (χ1v) is 5.71. The minimum Gasteiger partial charge on any atom is -0.496 e. The molecule has 1 heterocycles. The van der Waals surface area contributed by atoms with E-state index in [1.807, 2.05) is 0 Å². The van der Waals surface area contributed by atoms with E-state index in [9.17, 15) is 4.39 Å². The summed E-state index contributed by atoms with van der Waals surface area (Å²) in [6.07, 6.45) is 1.63. The number of nitrogens with zero attached hydrogens (tertiary/aromatic N) is 2. The molecule has 0 amide bonds. The van der Waals surface area contributed by atoms with Crippen LogP contribution in [0.5, 0.6) is 11.5 Å². The number of halogens is 1. The van der Waals surface area contributed by atoms with E-state index in [1.54, 1.807) is 37.2 Å². The normalized spacial score (nSPS) is 10.5. The second kappa shape index (κ2) is 5.17. The summed E-state index contributed by atoms with van der Waals surface area (Å²) in [6.45, 7) is -0.625. The van der Waals surface area contributed by atoms with Gasteiger partial charge in [-0.25, -0.2) is 4.39 Å². The number of aryl methyl sites for hydroxylation is 1. The van der Waals surface area contributed by atoms with Crippen molar-refractivity contribution in [1.29, 1.82) is 0 Å². The molecule has 0 atom stereocenters. The largest absolute Gasteiger partial charge is 0.496 e. The Morgan fingerprint density at radius 2 is 1.89 bits per heavy atom. The molecular formula is C13H16FN3O2. The molecule has 5 nitrogen and oxygen atoms in total. The SMILES string of the molecule is COc1cc(OC)c(-c2cnn(C)c2N)cc1CF. The third-order valence-corrected chi connectivity index (χ3v) is 3.02. The van der Waals surface area contributed by atoms with Gasteiger partial charge < -0.3 is 15.2 Å². The lowest BCUT2D eigenvalue weighted by Crippen LogP contribution is -1.99. The van der Waals surface area contributed by atoms with Crippen LogP contribution in [0.2, 0.25) is 0 Å². The summed E-state index contributed by atoms with van der Waals surface area (Å²) in [5, 5.41) is 4.08. The fourth-order valence-electron chi connectivity index (χ4n) is 1.93. The van der Waals surface area contributed by atoms with Crippen LogP contribution in [0.4, 0.5) is 10.2 Å². The Balaban J connectivity index is 2.65. The molecule has 102 valence electrons. The molecule has 0 aliphatic carbocycles. The monoisotopic (exact) mass is 265 g/mol. The fourth-order valence-corrected chi connectivity index (χ4v) is 1.93. The zero-order valence-corrected chi connectivity index (χ0v) is 11.1. The molecule has 1 aromatic heterocycles. The van der Waals surface area contributed by atoms with Crippen molar-refractivity contribution < 1.29 is 13.9 Å². The Kier molecular flexibility index (Phi) is 3.59. The molecule has 0 unspecified atom stereocenters. The number of aromatic nitrogens is 2. The maximum atomic E-state index is 13.0. The first-order chi connectivity index (χ1) is 9.12. The molecule has 2 aromatic rings. The number of anilines is 1. The summed E-state index contributed by atoms with van der Waals surface area (Å²) in [4.78, 5) is 0. The van der Waals surface area contributed by atoms with Gasteiger partial charge in [0.25, 0.3) is 0 Å². The van der Waals surface area contributed by atoms with E-state index in [0.717, 1.165) is 0 Å². The topological polar surface area (TPSA) is 62.3 Å². The average molecular weight is 265 g/mol. The number of methoxy groups -OCH3 is 2. The van der Waals surface area contributed by atoms with Crippen molar-refractivity contribution in [2.45, 2.75) is 6.67 Å². The van der Waals surface area contributed by atoms with E-state index in [-0.39, 0.29) is 0 Å². The lowest BCUT2D eigenvalue weighted by atomic mass is 10.0. The second-order valence-corrected chi connectivity index (χ2v) is 4.07. The summed E-state index contributed by atoms with van der Waals surface area (Å²) in [5.41, 5.74) is 7.79. The van der Waals surface area contributed by atoms with Crippen LogP contribution in [-0.4, -0.2) is 24.0 Å². The Morgan fingerprint density at radius 1 is 1.21 bits per heavy atom. The molecule has 0 spiro atoms.